The third kappa shape index (κ3) is 5.32. The van der Waals surface area contributed by atoms with E-state index in [0.717, 1.165) is 19.4 Å². The number of nitrogens with one attached hydrogen (secondary N) is 2. The number of amides is 1. The monoisotopic (exact) mass is 248 g/mol. The maximum absolute atomic E-state index is 11.5. The van der Waals surface area contributed by atoms with E-state index in [1.807, 2.05) is 0 Å². The number of benzene rings is 1. The van der Waals surface area contributed by atoms with Gasteiger partial charge in [0.05, 0.1) is 6.54 Å². The summed E-state index contributed by atoms with van der Waals surface area (Å²) in [6.45, 7) is 7.41. The molecule has 100 valence electrons. The lowest BCUT2D eigenvalue weighted by Gasteiger charge is -2.14. The molecular weight excluding hydrogens is 224 g/mol. The van der Waals surface area contributed by atoms with E-state index in [-0.39, 0.29) is 11.9 Å². The number of rotatable bonds is 7. The first kappa shape index (κ1) is 14.7. The van der Waals surface area contributed by atoms with Crippen molar-refractivity contribution in [2.45, 2.75) is 39.7 Å². The van der Waals surface area contributed by atoms with Gasteiger partial charge < -0.3 is 10.6 Å². The van der Waals surface area contributed by atoms with E-state index >= 15 is 0 Å². The SMILES string of the molecule is CCCCNC(=O)CNC(C)c1ccc(C)cc1. The Bertz CT molecular complexity index is 359. The van der Waals surface area contributed by atoms with Gasteiger partial charge >= 0.3 is 0 Å². The standard InChI is InChI=1S/C15H24N2O/c1-4-5-10-16-15(18)11-17-13(3)14-8-6-12(2)7-9-14/h6-9,13,17H,4-5,10-11H2,1-3H3,(H,16,18). The Morgan fingerprint density at radius 3 is 2.56 bits per heavy atom. The number of hydrogen-bond acceptors (Lipinski definition) is 2. The average molecular weight is 248 g/mol. The topological polar surface area (TPSA) is 41.1 Å². The Morgan fingerprint density at radius 1 is 1.28 bits per heavy atom. The van der Waals surface area contributed by atoms with Crippen molar-refractivity contribution in [2.75, 3.05) is 13.1 Å². The largest absolute Gasteiger partial charge is 0.355 e. The van der Waals surface area contributed by atoms with E-state index in [1.54, 1.807) is 0 Å². The highest BCUT2D eigenvalue weighted by Crippen LogP contribution is 2.12. The number of aryl methyl sites for hydroxylation is 1. The minimum Gasteiger partial charge on any atom is -0.355 e. The molecule has 1 amide bonds. The molecule has 1 unspecified atom stereocenters. The Hall–Kier alpha value is -1.35. The Kier molecular flexibility index (Phi) is 6.44. The summed E-state index contributed by atoms with van der Waals surface area (Å²) in [5, 5.41) is 6.13. The fourth-order valence-corrected chi connectivity index (χ4v) is 1.69. The van der Waals surface area contributed by atoms with Gasteiger partial charge in [0.2, 0.25) is 5.91 Å². The van der Waals surface area contributed by atoms with Gasteiger partial charge in [-0.25, -0.2) is 0 Å². The van der Waals surface area contributed by atoms with Crippen molar-refractivity contribution in [3.8, 4) is 0 Å². The summed E-state index contributed by atoms with van der Waals surface area (Å²) in [7, 11) is 0. The number of hydrogen-bond donors (Lipinski definition) is 2. The van der Waals surface area contributed by atoms with Crippen LogP contribution in [0.25, 0.3) is 0 Å². The molecule has 0 aromatic heterocycles. The first-order valence-corrected chi connectivity index (χ1v) is 6.70. The van der Waals surface area contributed by atoms with Crippen molar-refractivity contribution in [3.05, 3.63) is 35.4 Å². The molecule has 0 saturated heterocycles. The van der Waals surface area contributed by atoms with Crippen LogP contribution in [0.15, 0.2) is 24.3 Å². The molecule has 0 aliphatic rings. The lowest BCUT2D eigenvalue weighted by atomic mass is 10.1. The molecule has 1 aromatic carbocycles. The molecule has 0 fully saturated rings. The molecule has 3 heteroatoms. The van der Waals surface area contributed by atoms with Crippen LogP contribution >= 0.6 is 0 Å². The molecule has 1 aromatic rings. The van der Waals surface area contributed by atoms with Crippen molar-refractivity contribution >= 4 is 5.91 Å². The molecule has 0 saturated carbocycles. The second-order valence-corrected chi connectivity index (χ2v) is 4.72. The van der Waals surface area contributed by atoms with Gasteiger partial charge in [-0.15, -0.1) is 0 Å². The second kappa shape index (κ2) is 7.88. The van der Waals surface area contributed by atoms with Crippen LogP contribution in [0.1, 0.15) is 43.9 Å². The fraction of sp³-hybridized carbons (Fsp3) is 0.533. The Labute approximate surface area is 110 Å². The molecular formula is C15H24N2O. The fourth-order valence-electron chi connectivity index (χ4n) is 1.69. The van der Waals surface area contributed by atoms with E-state index < -0.39 is 0 Å². The summed E-state index contributed by atoms with van der Waals surface area (Å²) < 4.78 is 0. The van der Waals surface area contributed by atoms with E-state index in [2.05, 4.69) is 55.7 Å². The third-order valence-electron chi connectivity index (χ3n) is 3.00. The molecule has 3 nitrogen and oxygen atoms in total. The van der Waals surface area contributed by atoms with Crippen LogP contribution in [-0.4, -0.2) is 19.0 Å². The van der Waals surface area contributed by atoms with Crippen LogP contribution in [0.2, 0.25) is 0 Å². The molecule has 1 rings (SSSR count). The summed E-state index contributed by atoms with van der Waals surface area (Å²) in [5.41, 5.74) is 2.46. The van der Waals surface area contributed by atoms with Gasteiger partial charge in [-0.2, -0.15) is 0 Å². The highest BCUT2D eigenvalue weighted by Gasteiger charge is 2.06. The molecule has 0 radical (unpaired) electrons. The van der Waals surface area contributed by atoms with Gasteiger partial charge in [-0.05, 0) is 25.8 Å². The zero-order valence-electron chi connectivity index (χ0n) is 11.6. The summed E-state index contributed by atoms with van der Waals surface area (Å²) in [4.78, 5) is 11.5. The molecule has 0 aliphatic heterocycles. The molecule has 0 spiro atoms. The normalized spacial score (nSPS) is 12.2. The van der Waals surface area contributed by atoms with Crippen LogP contribution in [0.3, 0.4) is 0 Å². The van der Waals surface area contributed by atoms with Gasteiger partial charge in [-0.3, -0.25) is 4.79 Å². The van der Waals surface area contributed by atoms with Crippen LogP contribution in [0, 0.1) is 6.92 Å². The Morgan fingerprint density at radius 2 is 1.94 bits per heavy atom. The van der Waals surface area contributed by atoms with Crippen molar-refractivity contribution in [1.29, 1.82) is 0 Å². The highest BCUT2D eigenvalue weighted by molar-refractivity contribution is 5.77. The molecule has 0 heterocycles. The number of unbranched alkanes of at least 4 members (excludes halogenated alkanes) is 1. The summed E-state index contributed by atoms with van der Waals surface area (Å²) >= 11 is 0. The third-order valence-corrected chi connectivity index (χ3v) is 3.00. The molecule has 0 aliphatic carbocycles. The van der Waals surface area contributed by atoms with Gasteiger partial charge in [-0.1, -0.05) is 43.2 Å². The van der Waals surface area contributed by atoms with Crippen LogP contribution < -0.4 is 10.6 Å². The maximum atomic E-state index is 11.5. The molecule has 0 bridgehead atoms. The minimum atomic E-state index is 0.0717. The number of carbonyl (C=O) groups is 1. The zero-order chi connectivity index (χ0) is 13.4. The van der Waals surface area contributed by atoms with Crippen LogP contribution in [0.5, 0.6) is 0 Å². The summed E-state index contributed by atoms with van der Waals surface area (Å²) in [6.07, 6.45) is 2.15. The van der Waals surface area contributed by atoms with Crippen molar-refractivity contribution < 1.29 is 4.79 Å². The first-order chi connectivity index (χ1) is 8.63. The van der Waals surface area contributed by atoms with Crippen LogP contribution in [0.4, 0.5) is 0 Å². The molecule has 1 atom stereocenters. The number of carbonyl (C=O) groups excluding carboxylic acids is 1. The molecule has 18 heavy (non-hydrogen) atoms. The molecule has 2 N–H and O–H groups in total. The zero-order valence-corrected chi connectivity index (χ0v) is 11.6. The van der Waals surface area contributed by atoms with Gasteiger partial charge in [0.1, 0.15) is 0 Å². The summed E-state index contributed by atoms with van der Waals surface area (Å²) in [6, 6.07) is 8.58. The van der Waals surface area contributed by atoms with Gasteiger partial charge in [0.15, 0.2) is 0 Å². The van der Waals surface area contributed by atoms with E-state index in [1.165, 1.54) is 11.1 Å². The Balaban J connectivity index is 2.30. The lowest BCUT2D eigenvalue weighted by Crippen LogP contribution is -2.35. The van der Waals surface area contributed by atoms with Gasteiger partial charge in [0, 0.05) is 12.6 Å². The predicted octanol–water partition coefficient (Wildman–Crippen LogP) is 2.56. The van der Waals surface area contributed by atoms with E-state index in [4.69, 9.17) is 0 Å². The first-order valence-electron chi connectivity index (χ1n) is 6.70. The lowest BCUT2D eigenvalue weighted by molar-refractivity contribution is -0.120. The predicted molar refractivity (Wildman–Crippen MR) is 75.5 cm³/mol. The second-order valence-electron chi connectivity index (χ2n) is 4.72. The van der Waals surface area contributed by atoms with Crippen LogP contribution in [-0.2, 0) is 4.79 Å². The van der Waals surface area contributed by atoms with Gasteiger partial charge in [0.25, 0.3) is 0 Å². The van der Waals surface area contributed by atoms with Crippen molar-refractivity contribution in [3.63, 3.8) is 0 Å². The van der Waals surface area contributed by atoms with E-state index in [0.29, 0.717) is 6.54 Å². The highest BCUT2D eigenvalue weighted by atomic mass is 16.1. The van der Waals surface area contributed by atoms with Crippen molar-refractivity contribution in [2.24, 2.45) is 0 Å². The minimum absolute atomic E-state index is 0.0717. The quantitative estimate of drug-likeness (QED) is 0.728. The van der Waals surface area contributed by atoms with Crippen molar-refractivity contribution in [1.82, 2.24) is 10.6 Å². The average Bonchev–Trinajstić information content (AvgIpc) is 2.37. The maximum Gasteiger partial charge on any atom is 0.233 e. The summed E-state index contributed by atoms with van der Waals surface area (Å²) in [5.74, 6) is 0.0717. The van der Waals surface area contributed by atoms with E-state index in [9.17, 15) is 4.79 Å². The smallest absolute Gasteiger partial charge is 0.233 e.